The third-order valence-corrected chi connectivity index (χ3v) is 4.11. The fourth-order valence-electron chi connectivity index (χ4n) is 1.58. The van der Waals surface area contributed by atoms with Gasteiger partial charge in [0.05, 0.1) is 5.01 Å². The van der Waals surface area contributed by atoms with Crippen molar-refractivity contribution in [2.75, 3.05) is 13.1 Å². The van der Waals surface area contributed by atoms with E-state index in [4.69, 9.17) is 0 Å². The fourth-order valence-corrected chi connectivity index (χ4v) is 2.77. The van der Waals surface area contributed by atoms with Crippen molar-refractivity contribution < 1.29 is 13.2 Å². The van der Waals surface area contributed by atoms with Gasteiger partial charge in [-0.25, -0.2) is 4.98 Å². The predicted molar refractivity (Wildman–Crippen MR) is 56.8 cm³/mol. The molecule has 1 aromatic rings. The molecule has 90 valence electrons. The molecule has 2 rings (SSSR count). The van der Waals surface area contributed by atoms with Crippen LogP contribution >= 0.6 is 11.3 Å². The number of hydrogen-bond donors (Lipinski definition) is 1. The molecule has 6 heteroatoms. The monoisotopic (exact) mass is 250 g/mol. The molecular weight excluding hydrogens is 237 g/mol. The summed E-state index contributed by atoms with van der Waals surface area (Å²) in [6.45, 7) is 5.02. The summed E-state index contributed by atoms with van der Waals surface area (Å²) in [7, 11) is 0. The van der Waals surface area contributed by atoms with E-state index in [0.29, 0.717) is 9.88 Å². The van der Waals surface area contributed by atoms with E-state index in [1.165, 1.54) is 11.3 Å². The van der Waals surface area contributed by atoms with Crippen LogP contribution in [-0.2, 0) is 6.18 Å². The lowest BCUT2D eigenvalue weighted by atomic mass is 10.1. The van der Waals surface area contributed by atoms with Gasteiger partial charge in [0.1, 0.15) is 0 Å². The van der Waals surface area contributed by atoms with Crippen LogP contribution in [0.25, 0.3) is 0 Å². The van der Waals surface area contributed by atoms with E-state index in [-0.39, 0.29) is 11.8 Å². The molecule has 0 aromatic carbocycles. The topological polar surface area (TPSA) is 24.9 Å². The van der Waals surface area contributed by atoms with Crippen LogP contribution in [-0.4, -0.2) is 18.1 Å². The minimum Gasteiger partial charge on any atom is -0.315 e. The second kappa shape index (κ2) is 4.00. The van der Waals surface area contributed by atoms with Crippen LogP contribution in [0.5, 0.6) is 0 Å². The molecular formula is C10H13F3N2S. The molecule has 0 bridgehead atoms. The Kier molecular flexibility index (Phi) is 2.96. The lowest BCUT2D eigenvalue weighted by Gasteiger charge is -2.24. The van der Waals surface area contributed by atoms with Gasteiger partial charge in [-0.05, 0) is 5.92 Å². The second-order valence-electron chi connectivity index (χ2n) is 4.27. The van der Waals surface area contributed by atoms with Crippen LogP contribution in [0, 0.1) is 0 Å². The van der Waals surface area contributed by atoms with Crippen LogP contribution in [0.4, 0.5) is 13.2 Å². The Labute approximate surface area is 95.9 Å². The molecule has 1 N–H and O–H groups in total. The van der Waals surface area contributed by atoms with Crippen molar-refractivity contribution in [3.8, 4) is 0 Å². The summed E-state index contributed by atoms with van der Waals surface area (Å²) in [4.78, 5) is 4.13. The van der Waals surface area contributed by atoms with E-state index in [0.717, 1.165) is 13.1 Å². The van der Waals surface area contributed by atoms with Gasteiger partial charge in [0.2, 0.25) is 0 Å². The van der Waals surface area contributed by atoms with Crippen molar-refractivity contribution in [3.05, 3.63) is 15.6 Å². The highest BCUT2D eigenvalue weighted by Crippen LogP contribution is 2.40. The molecule has 0 unspecified atom stereocenters. The van der Waals surface area contributed by atoms with E-state index in [9.17, 15) is 13.2 Å². The van der Waals surface area contributed by atoms with E-state index in [1.807, 2.05) is 0 Å². The van der Waals surface area contributed by atoms with Gasteiger partial charge in [-0.2, -0.15) is 13.2 Å². The molecule has 0 saturated carbocycles. The Hall–Kier alpha value is -0.620. The zero-order valence-corrected chi connectivity index (χ0v) is 9.87. The van der Waals surface area contributed by atoms with Crippen LogP contribution in [0.15, 0.2) is 0 Å². The maximum absolute atomic E-state index is 12.7. The Balaban J connectivity index is 2.37. The van der Waals surface area contributed by atoms with Gasteiger partial charge in [-0.3, -0.25) is 0 Å². The maximum Gasteiger partial charge on any atom is 0.434 e. The highest BCUT2D eigenvalue weighted by Gasteiger charge is 2.39. The van der Waals surface area contributed by atoms with Crippen LogP contribution in [0.2, 0.25) is 0 Å². The van der Waals surface area contributed by atoms with E-state index in [1.54, 1.807) is 13.8 Å². The number of hydrogen-bond acceptors (Lipinski definition) is 3. The van der Waals surface area contributed by atoms with Crippen molar-refractivity contribution in [3.63, 3.8) is 0 Å². The SMILES string of the molecule is CC(C)c1sc(C2CNC2)nc1C(F)(F)F. The quantitative estimate of drug-likeness (QED) is 0.872. The first-order valence-electron chi connectivity index (χ1n) is 5.18. The van der Waals surface area contributed by atoms with Crippen molar-refractivity contribution >= 4 is 11.3 Å². The molecule has 0 atom stereocenters. The molecule has 0 radical (unpaired) electrons. The molecule has 1 aromatic heterocycles. The van der Waals surface area contributed by atoms with Gasteiger partial charge in [0, 0.05) is 23.9 Å². The summed E-state index contributed by atoms with van der Waals surface area (Å²) in [6.07, 6.45) is -4.33. The normalized spacial score (nSPS) is 17.9. The largest absolute Gasteiger partial charge is 0.434 e. The third-order valence-electron chi connectivity index (χ3n) is 2.59. The Morgan fingerprint density at radius 2 is 2.00 bits per heavy atom. The minimum absolute atomic E-state index is 0.129. The first-order valence-corrected chi connectivity index (χ1v) is 5.99. The molecule has 1 aliphatic rings. The zero-order chi connectivity index (χ0) is 11.9. The molecule has 2 nitrogen and oxygen atoms in total. The average Bonchev–Trinajstić information content (AvgIpc) is 2.44. The average molecular weight is 250 g/mol. The van der Waals surface area contributed by atoms with E-state index in [2.05, 4.69) is 10.3 Å². The molecule has 0 spiro atoms. The van der Waals surface area contributed by atoms with Crippen molar-refractivity contribution in [2.24, 2.45) is 0 Å². The van der Waals surface area contributed by atoms with Crippen molar-refractivity contribution in [1.82, 2.24) is 10.3 Å². The van der Waals surface area contributed by atoms with Crippen LogP contribution in [0.3, 0.4) is 0 Å². The number of rotatable bonds is 2. The second-order valence-corrected chi connectivity index (χ2v) is 5.33. The first-order chi connectivity index (χ1) is 7.39. The van der Waals surface area contributed by atoms with E-state index < -0.39 is 11.9 Å². The smallest absolute Gasteiger partial charge is 0.315 e. The van der Waals surface area contributed by atoms with Gasteiger partial charge in [0.15, 0.2) is 5.69 Å². The van der Waals surface area contributed by atoms with E-state index >= 15 is 0 Å². The van der Waals surface area contributed by atoms with Crippen molar-refractivity contribution in [2.45, 2.75) is 31.9 Å². The standard InChI is InChI=1S/C10H13F3N2S/c1-5(2)7-8(10(11,12)13)15-9(16-7)6-3-14-4-6/h5-6,14H,3-4H2,1-2H3. The van der Waals surface area contributed by atoms with Crippen LogP contribution < -0.4 is 5.32 Å². The first kappa shape index (κ1) is 11.9. The molecule has 16 heavy (non-hydrogen) atoms. The Bertz CT molecular complexity index is 380. The van der Waals surface area contributed by atoms with Gasteiger partial charge < -0.3 is 5.32 Å². The summed E-state index contributed by atoms with van der Waals surface area (Å²) >= 11 is 1.21. The number of nitrogens with zero attached hydrogens (tertiary/aromatic N) is 1. The zero-order valence-electron chi connectivity index (χ0n) is 9.06. The Morgan fingerprint density at radius 1 is 1.38 bits per heavy atom. The summed E-state index contributed by atoms with van der Waals surface area (Å²) in [5.41, 5.74) is -0.686. The highest BCUT2D eigenvalue weighted by atomic mass is 32.1. The summed E-state index contributed by atoms with van der Waals surface area (Å²) in [5.74, 6) is 0.0366. The van der Waals surface area contributed by atoms with Gasteiger partial charge in [0.25, 0.3) is 0 Å². The molecule has 2 heterocycles. The molecule has 1 saturated heterocycles. The summed E-state index contributed by atoms with van der Waals surface area (Å²) in [5, 5.41) is 3.66. The minimum atomic E-state index is -4.33. The lowest BCUT2D eigenvalue weighted by molar-refractivity contribution is -0.141. The van der Waals surface area contributed by atoms with Gasteiger partial charge in [-0.1, -0.05) is 13.8 Å². The highest BCUT2D eigenvalue weighted by molar-refractivity contribution is 7.12. The number of halogens is 3. The Morgan fingerprint density at radius 3 is 2.31 bits per heavy atom. The van der Waals surface area contributed by atoms with Crippen molar-refractivity contribution in [1.29, 1.82) is 0 Å². The third kappa shape index (κ3) is 2.08. The number of thiazole rings is 1. The van der Waals surface area contributed by atoms with Crippen LogP contribution in [0.1, 0.15) is 41.3 Å². The summed E-state index contributed by atoms with van der Waals surface area (Å²) in [6, 6.07) is 0. The number of nitrogens with one attached hydrogen (secondary N) is 1. The summed E-state index contributed by atoms with van der Waals surface area (Å²) < 4.78 is 38.2. The fraction of sp³-hybridized carbons (Fsp3) is 0.700. The maximum atomic E-state index is 12.7. The number of aromatic nitrogens is 1. The molecule has 1 fully saturated rings. The predicted octanol–water partition coefficient (Wildman–Crippen LogP) is 2.97. The molecule has 0 amide bonds. The number of alkyl halides is 3. The lowest BCUT2D eigenvalue weighted by Crippen LogP contribution is -2.39. The molecule has 0 aliphatic carbocycles. The van der Waals surface area contributed by atoms with Gasteiger partial charge in [-0.15, -0.1) is 11.3 Å². The van der Waals surface area contributed by atoms with Gasteiger partial charge >= 0.3 is 6.18 Å². The molecule has 1 aliphatic heterocycles.